The Morgan fingerprint density at radius 2 is 2.40 bits per heavy atom. The Balaban J connectivity index is 2.41. The van der Waals surface area contributed by atoms with Gasteiger partial charge in [-0.25, -0.2) is 0 Å². The van der Waals surface area contributed by atoms with Crippen molar-refractivity contribution in [1.82, 2.24) is 0 Å². The summed E-state index contributed by atoms with van der Waals surface area (Å²) in [4.78, 5) is 0. The molecule has 0 bridgehead atoms. The third kappa shape index (κ3) is 1.46. The molecule has 1 heterocycles. The molecule has 1 saturated heterocycles. The van der Waals surface area contributed by atoms with Gasteiger partial charge in [0, 0.05) is 13.5 Å². The van der Waals surface area contributed by atoms with E-state index in [-0.39, 0.29) is 18.8 Å². The van der Waals surface area contributed by atoms with Gasteiger partial charge in [0.2, 0.25) is 0 Å². The Hall–Kier alpha value is -0.160. The molecule has 3 atom stereocenters. The van der Waals surface area contributed by atoms with E-state index >= 15 is 0 Å². The number of aliphatic hydroxyl groups excluding tert-OH is 2. The van der Waals surface area contributed by atoms with Crippen LogP contribution in [-0.2, 0) is 9.47 Å². The Bertz CT molecular complexity index is 93.9. The van der Waals surface area contributed by atoms with Crippen LogP contribution in [0.25, 0.3) is 0 Å². The van der Waals surface area contributed by atoms with Crippen molar-refractivity contribution in [1.29, 1.82) is 0 Å². The minimum absolute atomic E-state index is 0.102. The van der Waals surface area contributed by atoms with Gasteiger partial charge in [-0.05, 0) is 0 Å². The van der Waals surface area contributed by atoms with Gasteiger partial charge in [0.1, 0.15) is 6.10 Å². The molecule has 0 spiro atoms. The van der Waals surface area contributed by atoms with Crippen LogP contribution in [0.5, 0.6) is 0 Å². The topological polar surface area (TPSA) is 58.9 Å². The molecular weight excluding hydrogens is 136 g/mol. The Labute approximate surface area is 59.4 Å². The molecule has 1 unspecified atom stereocenters. The van der Waals surface area contributed by atoms with Crippen LogP contribution in [0.1, 0.15) is 6.42 Å². The van der Waals surface area contributed by atoms with E-state index in [2.05, 4.69) is 0 Å². The molecule has 4 nitrogen and oxygen atoms in total. The van der Waals surface area contributed by atoms with Gasteiger partial charge in [-0.15, -0.1) is 0 Å². The summed E-state index contributed by atoms with van der Waals surface area (Å²) in [6, 6.07) is 0. The van der Waals surface area contributed by atoms with Crippen LogP contribution in [0.4, 0.5) is 0 Å². The number of hydrogen-bond acceptors (Lipinski definition) is 4. The van der Waals surface area contributed by atoms with Gasteiger partial charge in [0.25, 0.3) is 0 Å². The standard InChI is InChI=1S/C6H12O4/c1-9-4-2-6(8)10-5(4)3-7/h4-8H,2-3H2,1H3/t4-,5+,6?/m0/s1. The van der Waals surface area contributed by atoms with Crippen molar-refractivity contribution in [2.75, 3.05) is 13.7 Å². The highest BCUT2D eigenvalue weighted by atomic mass is 16.6. The lowest BCUT2D eigenvalue weighted by atomic mass is 10.2. The molecule has 2 N–H and O–H groups in total. The first-order valence-corrected chi connectivity index (χ1v) is 3.25. The zero-order valence-corrected chi connectivity index (χ0v) is 5.86. The summed E-state index contributed by atoms with van der Waals surface area (Å²) in [7, 11) is 1.54. The van der Waals surface area contributed by atoms with E-state index in [4.69, 9.17) is 19.7 Å². The summed E-state index contributed by atoms with van der Waals surface area (Å²) < 4.78 is 9.83. The molecule has 1 fully saturated rings. The second-order valence-corrected chi connectivity index (χ2v) is 2.32. The number of methoxy groups -OCH3 is 1. The monoisotopic (exact) mass is 148 g/mol. The van der Waals surface area contributed by atoms with Gasteiger partial charge in [-0.3, -0.25) is 0 Å². The predicted molar refractivity (Wildman–Crippen MR) is 33.4 cm³/mol. The van der Waals surface area contributed by atoms with Crippen molar-refractivity contribution in [2.45, 2.75) is 24.9 Å². The molecular formula is C6H12O4. The van der Waals surface area contributed by atoms with Gasteiger partial charge in [0.05, 0.1) is 12.7 Å². The molecule has 0 aliphatic carbocycles. The summed E-state index contributed by atoms with van der Waals surface area (Å²) >= 11 is 0. The molecule has 1 aliphatic heterocycles. The molecule has 0 radical (unpaired) electrons. The summed E-state index contributed by atoms with van der Waals surface area (Å²) in [6.45, 7) is -0.102. The van der Waals surface area contributed by atoms with Gasteiger partial charge in [0.15, 0.2) is 6.29 Å². The largest absolute Gasteiger partial charge is 0.394 e. The quantitative estimate of drug-likeness (QED) is 0.533. The van der Waals surface area contributed by atoms with Gasteiger partial charge >= 0.3 is 0 Å². The highest BCUT2D eigenvalue weighted by molar-refractivity contribution is 4.77. The van der Waals surface area contributed by atoms with Crippen molar-refractivity contribution in [3.05, 3.63) is 0 Å². The van der Waals surface area contributed by atoms with Gasteiger partial charge in [-0.2, -0.15) is 0 Å². The molecule has 1 rings (SSSR count). The van der Waals surface area contributed by atoms with Crippen LogP contribution in [0, 0.1) is 0 Å². The van der Waals surface area contributed by atoms with Crippen molar-refractivity contribution in [3.63, 3.8) is 0 Å². The number of rotatable bonds is 2. The third-order valence-electron chi connectivity index (χ3n) is 1.66. The highest BCUT2D eigenvalue weighted by Gasteiger charge is 2.33. The average molecular weight is 148 g/mol. The number of hydrogen-bond donors (Lipinski definition) is 2. The van der Waals surface area contributed by atoms with Gasteiger partial charge < -0.3 is 19.7 Å². The van der Waals surface area contributed by atoms with E-state index in [1.165, 1.54) is 7.11 Å². The molecule has 0 aromatic heterocycles. The van der Waals surface area contributed by atoms with Crippen LogP contribution in [0.15, 0.2) is 0 Å². The van der Waals surface area contributed by atoms with Gasteiger partial charge in [-0.1, -0.05) is 0 Å². The summed E-state index contributed by atoms with van der Waals surface area (Å²) in [5.41, 5.74) is 0. The van der Waals surface area contributed by atoms with Crippen molar-refractivity contribution in [2.24, 2.45) is 0 Å². The maximum Gasteiger partial charge on any atom is 0.157 e. The summed E-state index contributed by atoms with van der Waals surface area (Å²) in [5, 5.41) is 17.6. The maximum atomic E-state index is 8.92. The van der Waals surface area contributed by atoms with Crippen LogP contribution in [-0.4, -0.2) is 42.4 Å². The first-order chi connectivity index (χ1) is 4.77. The number of aliphatic hydroxyl groups is 2. The molecule has 60 valence electrons. The highest BCUT2D eigenvalue weighted by Crippen LogP contribution is 2.20. The van der Waals surface area contributed by atoms with Crippen molar-refractivity contribution in [3.8, 4) is 0 Å². The minimum Gasteiger partial charge on any atom is -0.394 e. The lowest BCUT2D eigenvalue weighted by Crippen LogP contribution is -2.26. The maximum absolute atomic E-state index is 8.92. The fourth-order valence-corrected chi connectivity index (χ4v) is 1.10. The normalized spacial score (nSPS) is 40.5. The van der Waals surface area contributed by atoms with Crippen LogP contribution < -0.4 is 0 Å². The first-order valence-electron chi connectivity index (χ1n) is 3.25. The Morgan fingerprint density at radius 3 is 2.80 bits per heavy atom. The molecule has 10 heavy (non-hydrogen) atoms. The minimum atomic E-state index is -0.776. The molecule has 1 aliphatic rings. The number of ether oxygens (including phenoxy) is 2. The molecule has 4 heteroatoms. The molecule has 0 amide bonds. The Kier molecular flexibility index (Phi) is 2.62. The zero-order valence-electron chi connectivity index (χ0n) is 5.86. The average Bonchev–Trinajstić information content (AvgIpc) is 2.30. The first kappa shape index (κ1) is 7.94. The van der Waals surface area contributed by atoms with E-state index in [9.17, 15) is 0 Å². The Morgan fingerprint density at radius 1 is 1.70 bits per heavy atom. The lowest BCUT2D eigenvalue weighted by molar-refractivity contribution is -0.109. The van der Waals surface area contributed by atoms with Crippen LogP contribution in [0.3, 0.4) is 0 Å². The molecule has 0 saturated carbocycles. The van der Waals surface area contributed by atoms with E-state index in [0.29, 0.717) is 6.42 Å². The fraction of sp³-hybridized carbons (Fsp3) is 1.00. The van der Waals surface area contributed by atoms with E-state index in [1.54, 1.807) is 0 Å². The van der Waals surface area contributed by atoms with Crippen molar-refractivity contribution < 1.29 is 19.7 Å². The second kappa shape index (κ2) is 3.30. The molecule has 0 aromatic rings. The third-order valence-corrected chi connectivity index (χ3v) is 1.66. The van der Waals surface area contributed by atoms with E-state index in [0.717, 1.165) is 0 Å². The summed E-state index contributed by atoms with van der Waals surface area (Å²) in [6.07, 6.45) is -0.857. The van der Waals surface area contributed by atoms with E-state index in [1.807, 2.05) is 0 Å². The van der Waals surface area contributed by atoms with Crippen LogP contribution >= 0.6 is 0 Å². The smallest absolute Gasteiger partial charge is 0.157 e. The zero-order chi connectivity index (χ0) is 7.56. The fourth-order valence-electron chi connectivity index (χ4n) is 1.10. The van der Waals surface area contributed by atoms with Crippen molar-refractivity contribution >= 4 is 0 Å². The van der Waals surface area contributed by atoms with Crippen LogP contribution in [0.2, 0.25) is 0 Å². The second-order valence-electron chi connectivity index (χ2n) is 2.32. The van der Waals surface area contributed by atoms with E-state index < -0.39 is 6.29 Å². The molecule has 0 aromatic carbocycles. The summed E-state index contributed by atoms with van der Waals surface area (Å²) in [5.74, 6) is 0. The SMILES string of the molecule is CO[C@H]1CC(O)O[C@@H]1CO. The lowest BCUT2D eigenvalue weighted by Gasteiger charge is -2.12. The predicted octanol–water partition coefficient (Wildman–Crippen LogP) is -0.899.